The third-order valence-corrected chi connectivity index (χ3v) is 6.30. The zero-order valence-electron chi connectivity index (χ0n) is 16.2. The topological polar surface area (TPSA) is 83.2 Å². The number of aliphatic imine (C=N–C) groups is 1. The Morgan fingerprint density at radius 3 is 2.62 bits per heavy atom. The normalized spacial score (nSPS) is 27.5. The number of carbonyl (C=O) groups is 1. The molecule has 3 saturated heterocycles. The van der Waals surface area contributed by atoms with Gasteiger partial charge in [0.05, 0.1) is 0 Å². The van der Waals surface area contributed by atoms with E-state index < -0.39 is 0 Å². The van der Waals surface area contributed by atoms with Crippen molar-refractivity contribution in [2.45, 2.75) is 50.5 Å². The number of hydrogen-bond acceptors (Lipinski definition) is 4. The van der Waals surface area contributed by atoms with Crippen molar-refractivity contribution in [3.05, 3.63) is 0 Å². The maximum Gasteiger partial charge on any atom is 0.217 e. The zero-order chi connectivity index (χ0) is 18.4. The number of rotatable bonds is 5. The van der Waals surface area contributed by atoms with Gasteiger partial charge >= 0.3 is 0 Å². The third-order valence-electron chi connectivity index (χ3n) is 6.30. The number of ether oxygens (including phenoxy) is 1. The molecule has 148 valence electrons. The van der Waals surface area contributed by atoms with Gasteiger partial charge in [0.2, 0.25) is 5.91 Å². The van der Waals surface area contributed by atoms with E-state index in [0.29, 0.717) is 12.3 Å². The van der Waals surface area contributed by atoms with Crippen molar-refractivity contribution in [3.63, 3.8) is 0 Å². The van der Waals surface area contributed by atoms with E-state index in [4.69, 9.17) is 10.5 Å². The third kappa shape index (κ3) is 4.68. The van der Waals surface area contributed by atoms with Crippen LogP contribution in [0.3, 0.4) is 0 Å². The first-order valence-corrected chi connectivity index (χ1v) is 10.2. The number of likely N-dealkylation sites (tertiary alicyclic amines) is 2. The molecule has 0 bridgehead atoms. The van der Waals surface area contributed by atoms with Crippen LogP contribution < -0.4 is 11.1 Å². The lowest BCUT2D eigenvalue weighted by atomic mass is 9.88. The van der Waals surface area contributed by atoms with E-state index in [2.05, 4.69) is 20.1 Å². The molecule has 3 fully saturated rings. The number of nitrogens with two attached hydrogens (primary N) is 1. The van der Waals surface area contributed by atoms with Crippen LogP contribution in [0.5, 0.6) is 0 Å². The largest absolute Gasteiger partial charge is 0.381 e. The summed E-state index contributed by atoms with van der Waals surface area (Å²) in [6.45, 7) is 6.87. The highest BCUT2D eigenvalue weighted by Gasteiger charge is 2.40. The van der Waals surface area contributed by atoms with Gasteiger partial charge in [0.15, 0.2) is 5.96 Å². The van der Waals surface area contributed by atoms with Crippen molar-refractivity contribution in [3.8, 4) is 0 Å². The predicted octanol–water partition coefficient (Wildman–Crippen LogP) is 0.794. The number of piperidine rings is 1. The first-order chi connectivity index (χ1) is 12.6. The standard InChI is InChI=1S/C19H35N5O2/c1-21-18(23-8-4-5-16(14-23)13-17(20)25)22-15-19(6-11-26-12-7-19)24-9-2-3-10-24/h16H,2-15H2,1H3,(H2,20,25)(H,21,22). The summed E-state index contributed by atoms with van der Waals surface area (Å²) in [5, 5.41) is 3.66. The van der Waals surface area contributed by atoms with Crippen molar-refractivity contribution < 1.29 is 9.53 Å². The minimum atomic E-state index is -0.199. The molecule has 0 spiro atoms. The molecule has 26 heavy (non-hydrogen) atoms. The molecule has 3 heterocycles. The van der Waals surface area contributed by atoms with Gasteiger partial charge in [-0.05, 0) is 57.5 Å². The fraction of sp³-hybridized carbons (Fsp3) is 0.895. The summed E-state index contributed by atoms with van der Waals surface area (Å²) in [6, 6.07) is 0. The van der Waals surface area contributed by atoms with Crippen LogP contribution in [0.15, 0.2) is 4.99 Å². The molecular weight excluding hydrogens is 330 g/mol. The first-order valence-electron chi connectivity index (χ1n) is 10.2. The van der Waals surface area contributed by atoms with E-state index >= 15 is 0 Å². The Bertz CT molecular complexity index is 498. The molecule has 1 amide bonds. The molecule has 0 aliphatic carbocycles. The lowest BCUT2D eigenvalue weighted by Gasteiger charge is -2.45. The van der Waals surface area contributed by atoms with E-state index in [0.717, 1.165) is 64.5 Å². The second kappa shape index (κ2) is 9.04. The second-order valence-corrected chi connectivity index (χ2v) is 8.06. The lowest BCUT2D eigenvalue weighted by molar-refractivity contribution is -0.119. The number of amides is 1. The monoisotopic (exact) mass is 365 g/mol. The van der Waals surface area contributed by atoms with E-state index in [1.165, 1.54) is 25.9 Å². The van der Waals surface area contributed by atoms with Gasteiger partial charge in [-0.2, -0.15) is 0 Å². The van der Waals surface area contributed by atoms with Gasteiger partial charge in [-0.1, -0.05) is 0 Å². The first kappa shape index (κ1) is 19.4. The number of nitrogens with zero attached hydrogens (tertiary/aromatic N) is 3. The molecule has 3 aliphatic rings. The molecule has 3 rings (SSSR count). The quantitative estimate of drug-likeness (QED) is 0.556. The molecule has 0 aromatic heterocycles. The van der Waals surface area contributed by atoms with Gasteiger partial charge < -0.3 is 20.7 Å². The number of carbonyl (C=O) groups excluding carboxylic acids is 1. The van der Waals surface area contributed by atoms with Crippen molar-refractivity contribution in [1.29, 1.82) is 0 Å². The maximum absolute atomic E-state index is 11.3. The van der Waals surface area contributed by atoms with Crippen LogP contribution in [0.1, 0.15) is 44.9 Å². The summed E-state index contributed by atoms with van der Waals surface area (Å²) in [5.74, 6) is 1.11. The summed E-state index contributed by atoms with van der Waals surface area (Å²) in [5.41, 5.74) is 5.59. The van der Waals surface area contributed by atoms with Crippen LogP contribution in [-0.2, 0) is 9.53 Å². The fourth-order valence-corrected chi connectivity index (χ4v) is 4.83. The molecule has 7 nitrogen and oxygen atoms in total. The van der Waals surface area contributed by atoms with Crippen molar-refractivity contribution in [2.75, 3.05) is 53.0 Å². The number of primary amides is 1. The summed E-state index contributed by atoms with van der Waals surface area (Å²) in [4.78, 5) is 20.8. The zero-order valence-corrected chi connectivity index (χ0v) is 16.2. The second-order valence-electron chi connectivity index (χ2n) is 8.06. The highest BCUT2D eigenvalue weighted by atomic mass is 16.5. The molecule has 3 N–H and O–H groups in total. The van der Waals surface area contributed by atoms with Gasteiger partial charge in [-0.3, -0.25) is 14.7 Å². The van der Waals surface area contributed by atoms with E-state index in [1.54, 1.807) is 0 Å². The molecule has 0 saturated carbocycles. The Morgan fingerprint density at radius 2 is 1.96 bits per heavy atom. The smallest absolute Gasteiger partial charge is 0.217 e. The van der Waals surface area contributed by atoms with Crippen LogP contribution in [0.25, 0.3) is 0 Å². The van der Waals surface area contributed by atoms with E-state index in [-0.39, 0.29) is 11.4 Å². The number of nitrogens with one attached hydrogen (secondary N) is 1. The van der Waals surface area contributed by atoms with Gasteiger partial charge in [-0.25, -0.2) is 0 Å². The average molecular weight is 366 g/mol. The molecule has 7 heteroatoms. The molecular formula is C19H35N5O2. The molecule has 3 aliphatic heterocycles. The minimum Gasteiger partial charge on any atom is -0.381 e. The van der Waals surface area contributed by atoms with Gasteiger partial charge in [0.25, 0.3) is 0 Å². The Morgan fingerprint density at radius 1 is 1.23 bits per heavy atom. The Balaban J connectivity index is 1.60. The predicted molar refractivity (Wildman–Crippen MR) is 103 cm³/mol. The van der Waals surface area contributed by atoms with Crippen molar-refractivity contribution >= 4 is 11.9 Å². The molecule has 1 unspecified atom stereocenters. The SMILES string of the molecule is CN=C(NCC1(N2CCCC2)CCOCC1)N1CCCC(CC(N)=O)C1. The van der Waals surface area contributed by atoms with Crippen molar-refractivity contribution in [2.24, 2.45) is 16.6 Å². The van der Waals surface area contributed by atoms with Crippen LogP contribution in [-0.4, -0.2) is 80.2 Å². The van der Waals surface area contributed by atoms with Gasteiger partial charge in [-0.15, -0.1) is 0 Å². The van der Waals surface area contributed by atoms with Crippen molar-refractivity contribution in [1.82, 2.24) is 15.1 Å². The fourth-order valence-electron chi connectivity index (χ4n) is 4.83. The summed E-state index contributed by atoms with van der Waals surface area (Å²) in [6.07, 6.45) is 7.41. The van der Waals surface area contributed by atoms with Crippen LogP contribution in [0.4, 0.5) is 0 Å². The number of guanidine groups is 1. The Kier molecular flexibility index (Phi) is 6.75. The Labute approximate surface area is 157 Å². The molecule has 0 aromatic carbocycles. The summed E-state index contributed by atoms with van der Waals surface area (Å²) >= 11 is 0. The lowest BCUT2D eigenvalue weighted by Crippen LogP contribution is -2.59. The van der Waals surface area contributed by atoms with E-state index in [9.17, 15) is 4.79 Å². The minimum absolute atomic E-state index is 0.188. The van der Waals surface area contributed by atoms with Crippen LogP contribution >= 0.6 is 0 Å². The highest BCUT2D eigenvalue weighted by molar-refractivity contribution is 5.80. The average Bonchev–Trinajstić information content (AvgIpc) is 3.18. The maximum atomic E-state index is 11.3. The highest BCUT2D eigenvalue weighted by Crippen LogP contribution is 2.31. The molecule has 0 radical (unpaired) electrons. The van der Waals surface area contributed by atoms with E-state index in [1.807, 2.05) is 7.05 Å². The van der Waals surface area contributed by atoms with Gasteiger partial charge in [0.1, 0.15) is 0 Å². The molecule has 0 aromatic rings. The van der Waals surface area contributed by atoms with Gasteiger partial charge in [0, 0.05) is 51.9 Å². The summed E-state index contributed by atoms with van der Waals surface area (Å²) < 4.78 is 5.65. The summed E-state index contributed by atoms with van der Waals surface area (Å²) in [7, 11) is 1.85. The molecule has 1 atom stereocenters. The Hall–Kier alpha value is -1.34. The van der Waals surface area contributed by atoms with Crippen LogP contribution in [0, 0.1) is 5.92 Å². The number of hydrogen-bond donors (Lipinski definition) is 2. The van der Waals surface area contributed by atoms with Crippen LogP contribution in [0.2, 0.25) is 0 Å².